The Morgan fingerprint density at radius 1 is 1.62 bits per heavy atom. The minimum absolute atomic E-state index is 0.226. The van der Waals surface area contributed by atoms with Gasteiger partial charge in [-0.3, -0.25) is 5.32 Å². The minimum Gasteiger partial charge on any atom is -0.423 e. The molecule has 2 rings (SSSR count). The predicted octanol–water partition coefficient (Wildman–Crippen LogP) is -0.0942. The third-order valence-corrected chi connectivity index (χ3v) is 2.79. The highest BCUT2D eigenvalue weighted by atomic mass is 32.2. The first-order valence-electron chi connectivity index (χ1n) is 4.23. The van der Waals surface area contributed by atoms with Crippen LogP contribution in [0.25, 0.3) is 0 Å². The van der Waals surface area contributed by atoms with E-state index in [1.807, 2.05) is 11.8 Å². The highest BCUT2D eigenvalue weighted by molar-refractivity contribution is 7.99. The van der Waals surface area contributed by atoms with Crippen LogP contribution in [0.1, 0.15) is 17.8 Å². The molecule has 5 nitrogen and oxygen atoms in total. The molecule has 0 saturated carbocycles. The summed E-state index contributed by atoms with van der Waals surface area (Å²) in [5.41, 5.74) is 5.38. The second-order valence-electron chi connectivity index (χ2n) is 2.84. The fourth-order valence-corrected chi connectivity index (χ4v) is 2.12. The van der Waals surface area contributed by atoms with E-state index in [0.717, 1.165) is 11.6 Å². The number of thioether (sulfide) groups is 1. The summed E-state index contributed by atoms with van der Waals surface area (Å²) in [5, 5.41) is 11.1. The van der Waals surface area contributed by atoms with E-state index in [1.165, 1.54) is 0 Å². The van der Waals surface area contributed by atoms with E-state index in [9.17, 15) is 0 Å². The van der Waals surface area contributed by atoms with Gasteiger partial charge in [0.2, 0.25) is 11.8 Å². The number of nitrogens with zero attached hydrogens (tertiary/aromatic N) is 2. The lowest BCUT2D eigenvalue weighted by Crippen LogP contribution is -2.14. The molecule has 6 heteroatoms. The molecular weight excluding hydrogens is 188 g/mol. The smallest absolute Gasteiger partial charge is 0.234 e. The molecule has 0 bridgehead atoms. The molecule has 0 spiro atoms. The average Bonchev–Trinajstić information content (AvgIpc) is 2.70. The van der Waals surface area contributed by atoms with Crippen molar-refractivity contribution in [1.82, 2.24) is 15.5 Å². The Labute approximate surface area is 80.5 Å². The van der Waals surface area contributed by atoms with E-state index in [0.29, 0.717) is 24.7 Å². The second kappa shape index (κ2) is 4.08. The molecule has 72 valence electrons. The van der Waals surface area contributed by atoms with Crippen molar-refractivity contribution in [3.8, 4) is 0 Å². The number of hydrogen-bond acceptors (Lipinski definition) is 6. The second-order valence-corrected chi connectivity index (χ2v) is 3.87. The molecule has 2 heterocycles. The lowest BCUT2D eigenvalue weighted by molar-refractivity contribution is 0.412. The Bertz CT molecular complexity index is 271. The van der Waals surface area contributed by atoms with Gasteiger partial charge in [0.15, 0.2) is 0 Å². The monoisotopic (exact) mass is 200 g/mol. The lowest BCUT2D eigenvalue weighted by Gasteiger charge is -2.00. The van der Waals surface area contributed by atoms with E-state index in [1.54, 1.807) is 0 Å². The van der Waals surface area contributed by atoms with Crippen LogP contribution in [0, 0.1) is 0 Å². The van der Waals surface area contributed by atoms with Crippen LogP contribution in [-0.4, -0.2) is 28.4 Å². The number of hydrogen-bond donors (Lipinski definition) is 2. The highest BCUT2D eigenvalue weighted by Gasteiger charge is 2.22. The lowest BCUT2D eigenvalue weighted by atomic mass is 10.3. The van der Waals surface area contributed by atoms with Gasteiger partial charge in [0.25, 0.3) is 0 Å². The van der Waals surface area contributed by atoms with Crippen molar-refractivity contribution in [2.45, 2.75) is 12.5 Å². The van der Waals surface area contributed by atoms with Gasteiger partial charge < -0.3 is 10.2 Å². The Hall–Kier alpha value is -0.590. The minimum atomic E-state index is 0.226. The van der Waals surface area contributed by atoms with Gasteiger partial charge in [0.1, 0.15) is 0 Å². The fraction of sp³-hybridized carbons (Fsp3) is 0.714. The summed E-state index contributed by atoms with van der Waals surface area (Å²) in [6.45, 7) is 0.550. The largest absolute Gasteiger partial charge is 0.423 e. The van der Waals surface area contributed by atoms with E-state index in [-0.39, 0.29) is 6.04 Å². The van der Waals surface area contributed by atoms with Crippen molar-refractivity contribution in [3.05, 3.63) is 11.8 Å². The van der Waals surface area contributed by atoms with E-state index in [4.69, 9.17) is 10.2 Å². The van der Waals surface area contributed by atoms with E-state index >= 15 is 0 Å². The van der Waals surface area contributed by atoms with Gasteiger partial charge in [0, 0.05) is 24.6 Å². The van der Waals surface area contributed by atoms with Crippen molar-refractivity contribution in [3.63, 3.8) is 0 Å². The van der Waals surface area contributed by atoms with Crippen LogP contribution in [0.15, 0.2) is 4.42 Å². The predicted molar refractivity (Wildman–Crippen MR) is 50.3 cm³/mol. The fourth-order valence-electron chi connectivity index (χ4n) is 1.19. The van der Waals surface area contributed by atoms with Gasteiger partial charge in [-0.1, -0.05) is 0 Å². The molecule has 0 aromatic carbocycles. The Morgan fingerprint density at radius 3 is 3.23 bits per heavy atom. The molecular formula is C7H12N4OS. The zero-order valence-electron chi connectivity index (χ0n) is 7.19. The number of aromatic nitrogens is 2. The highest BCUT2D eigenvalue weighted by Crippen LogP contribution is 2.22. The third kappa shape index (κ3) is 2.01. The first-order valence-corrected chi connectivity index (χ1v) is 5.39. The van der Waals surface area contributed by atoms with Gasteiger partial charge in [0.05, 0.1) is 6.04 Å². The average molecular weight is 200 g/mol. The normalized spacial score (nSPS) is 22.4. The summed E-state index contributed by atoms with van der Waals surface area (Å²) in [5.74, 6) is 3.29. The SMILES string of the molecule is NCCc1nnc([C@@H]2CSCN2)o1. The van der Waals surface area contributed by atoms with Gasteiger partial charge in [-0.2, -0.15) is 0 Å². The van der Waals surface area contributed by atoms with Crippen molar-refractivity contribution >= 4 is 11.8 Å². The molecule has 0 amide bonds. The van der Waals surface area contributed by atoms with E-state index in [2.05, 4.69) is 15.5 Å². The van der Waals surface area contributed by atoms with Gasteiger partial charge >= 0.3 is 0 Å². The van der Waals surface area contributed by atoms with Crippen molar-refractivity contribution < 1.29 is 4.42 Å². The molecule has 0 unspecified atom stereocenters. The van der Waals surface area contributed by atoms with E-state index < -0.39 is 0 Å². The van der Waals surface area contributed by atoms with Crippen molar-refractivity contribution in [2.24, 2.45) is 5.73 Å². The number of nitrogens with two attached hydrogens (primary N) is 1. The van der Waals surface area contributed by atoms with Crippen molar-refractivity contribution in [2.75, 3.05) is 18.2 Å². The summed E-state index contributed by atoms with van der Waals surface area (Å²) in [6, 6.07) is 0.226. The molecule has 1 aromatic rings. The molecule has 0 radical (unpaired) electrons. The Kier molecular flexibility index (Phi) is 2.82. The summed E-state index contributed by atoms with van der Waals surface area (Å²) in [6.07, 6.45) is 0.660. The third-order valence-electron chi connectivity index (χ3n) is 1.86. The first-order chi connectivity index (χ1) is 6.40. The summed E-state index contributed by atoms with van der Waals surface area (Å²) in [4.78, 5) is 0. The van der Waals surface area contributed by atoms with Crippen LogP contribution in [0.4, 0.5) is 0 Å². The molecule has 1 saturated heterocycles. The number of nitrogens with one attached hydrogen (secondary N) is 1. The Morgan fingerprint density at radius 2 is 2.54 bits per heavy atom. The van der Waals surface area contributed by atoms with Gasteiger partial charge in [-0.25, -0.2) is 0 Å². The molecule has 1 atom stereocenters. The maximum Gasteiger partial charge on any atom is 0.234 e. The summed E-state index contributed by atoms with van der Waals surface area (Å²) in [7, 11) is 0. The van der Waals surface area contributed by atoms with Crippen LogP contribution >= 0.6 is 11.8 Å². The maximum absolute atomic E-state index is 5.43. The topological polar surface area (TPSA) is 77.0 Å². The molecule has 0 aliphatic carbocycles. The van der Waals surface area contributed by atoms with Gasteiger partial charge in [-0.05, 0) is 0 Å². The van der Waals surface area contributed by atoms with Crippen LogP contribution in [0.3, 0.4) is 0 Å². The van der Waals surface area contributed by atoms with Crippen molar-refractivity contribution in [1.29, 1.82) is 0 Å². The van der Waals surface area contributed by atoms with Crippen LogP contribution in [0.2, 0.25) is 0 Å². The van der Waals surface area contributed by atoms with Crippen LogP contribution in [0.5, 0.6) is 0 Å². The molecule has 1 fully saturated rings. The molecule has 1 aliphatic rings. The zero-order chi connectivity index (χ0) is 9.10. The first kappa shape index (κ1) is 8.98. The quantitative estimate of drug-likeness (QED) is 0.710. The van der Waals surface area contributed by atoms with Crippen LogP contribution < -0.4 is 11.1 Å². The zero-order valence-corrected chi connectivity index (χ0v) is 8.01. The molecule has 13 heavy (non-hydrogen) atoms. The molecule has 3 N–H and O–H groups in total. The molecule has 1 aliphatic heterocycles. The van der Waals surface area contributed by atoms with Gasteiger partial charge in [-0.15, -0.1) is 22.0 Å². The summed E-state index contributed by atoms with van der Waals surface area (Å²) < 4.78 is 5.43. The summed E-state index contributed by atoms with van der Waals surface area (Å²) >= 11 is 1.84. The standard InChI is InChI=1S/C7H12N4OS/c8-2-1-6-10-11-7(12-6)5-3-13-4-9-5/h5,9H,1-4,8H2/t5-/m0/s1. The molecule has 1 aromatic heterocycles. The number of rotatable bonds is 3. The Balaban J connectivity index is 2.03. The van der Waals surface area contributed by atoms with Crippen LogP contribution in [-0.2, 0) is 6.42 Å². The maximum atomic E-state index is 5.43.